The maximum Gasteiger partial charge on any atom is 0.308 e. The topological polar surface area (TPSA) is 75.6 Å². The van der Waals surface area contributed by atoms with Crippen LogP contribution in [0.1, 0.15) is 15.2 Å². The van der Waals surface area contributed by atoms with Gasteiger partial charge in [-0.25, -0.2) is 0 Å². The summed E-state index contributed by atoms with van der Waals surface area (Å²) in [6.45, 7) is 0.0735. The molecule has 1 amide bonds. The lowest BCUT2D eigenvalue weighted by Gasteiger charge is -2.13. The molecule has 2 rings (SSSR count). The molecule has 2 aromatic rings. The predicted molar refractivity (Wildman–Crippen MR) is 84.5 cm³/mol. The van der Waals surface area contributed by atoms with Crippen molar-refractivity contribution < 1.29 is 19.4 Å². The summed E-state index contributed by atoms with van der Waals surface area (Å²) in [5.74, 6) is -1.41. The van der Waals surface area contributed by atoms with Gasteiger partial charge >= 0.3 is 5.97 Å². The van der Waals surface area contributed by atoms with Gasteiger partial charge in [-0.15, -0.1) is 11.3 Å². The van der Waals surface area contributed by atoms with Crippen LogP contribution in [0.15, 0.2) is 41.8 Å². The number of aliphatic carboxylic acids is 1. The molecular weight excluding hydrogens is 302 g/mol. The molecule has 6 heteroatoms. The maximum atomic E-state index is 12.1. The normalized spacial score (nSPS) is 11.7. The molecule has 22 heavy (non-hydrogen) atoms. The summed E-state index contributed by atoms with van der Waals surface area (Å²) in [6, 6.07) is 11.1. The fourth-order valence-corrected chi connectivity index (χ4v) is 2.84. The first-order chi connectivity index (χ1) is 10.6. The van der Waals surface area contributed by atoms with Crippen molar-refractivity contribution in [2.24, 2.45) is 5.92 Å². The molecule has 0 aliphatic heterocycles. The summed E-state index contributed by atoms with van der Waals surface area (Å²) in [4.78, 5) is 23.9. The van der Waals surface area contributed by atoms with Crippen molar-refractivity contribution >= 4 is 23.2 Å². The highest BCUT2D eigenvalue weighted by molar-refractivity contribution is 7.12. The molecule has 0 aliphatic carbocycles. The van der Waals surface area contributed by atoms with E-state index in [1.54, 1.807) is 11.4 Å². The van der Waals surface area contributed by atoms with E-state index in [-0.39, 0.29) is 12.5 Å². The fourth-order valence-electron chi connectivity index (χ4n) is 2.07. The van der Waals surface area contributed by atoms with E-state index in [2.05, 4.69) is 5.32 Å². The number of thiophene rings is 1. The first kappa shape index (κ1) is 16.0. The summed E-state index contributed by atoms with van der Waals surface area (Å²) in [6.07, 6.45) is 0.373. The monoisotopic (exact) mass is 319 g/mol. The highest BCUT2D eigenvalue weighted by Crippen LogP contribution is 2.24. The Hall–Kier alpha value is -2.34. The molecule has 0 saturated carbocycles. The van der Waals surface area contributed by atoms with Gasteiger partial charge in [-0.1, -0.05) is 30.3 Å². The molecule has 2 N–H and O–H groups in total. The summed E-state index contributed by atoms with van der Waals surface area (Å²) >= 11 is 1.26. The number of benzene rings is 1. The molecule has 0 saturated heterocycles. The molecule has 0 aliphatic rings. The van der Waals surface area contributed by atoms with Crippen LogP contribution in [0.25, 0.3) is 0 Å². The number of carboxylic acids is 1. The third-order valence-corrected chi connectivity index (χ3v) is 4.13. The molecule has 0 fully saturated rings. The molecule has 1 heterocycles. The van der Waals surface area contributed by atoms with Crippen LogP contribution in [0.4, 0.5) is 0 Å². The van der Waals surface area contributed by atoms with Gasteiger partial charge in [-0.2, -0.15) is 0 Å². The zero-order valence-electron chi connectivity index (χ0n) is 12.1. The Morgan fingerprint density at radius 3 is 2.64 bits per heavy atom. The van der Waals surface area contributed by atoms with Crippen molar-refractivity contribution in [3.05, 3.63) is 52.2 Å². The highest BCUT2D eigenvalue weighted by atomic mass is 32.1. The molecule has 1 atom stereocenters. The quantitative estimate of drug-likeness (QED) is 0.822. The first-order valence-electron chi connectivity index (χ1n) is 6.78. The van der Waals surface area contributed by atoms with E-state index in [1.807, 2.05) is 30.3 Å². The Labute approximate surface area is 132 Å². The van der Waals surface area contributed by atoms with Gasteiger partial charge in [-0.3, -0.25) is 9.59 Å². The zero-order valence-corrected chi connectivity index (χ0v) is 12.9. The number of hydrogen-bond donors (Lipinski definition) is 2. The molecule has 0 spiro atoms. The van der Waals surface area contributed by atoms with Crippen molar-refractivity contribution in [2.75, 3.05) is 13.7 Å². The maximum absolute atomic E-state index is 12.1. The van der Waals surface area contributed by atoms with Gasteiger partial charge in [-0.05, 0) is 23.4 Å². The molecule has 1 unspecified atom stereocenters. The van der Waals surface area contributed by atoms with E-state index in [1.165, 1.54) is 18.4 Å². The summed E-state index contributed by atoms with van der Waals surface area (Å²) in [5, 5.41) is 13.7. The van der Waals surface area contributed by atoms with Crippen LogP contribution in [-0.4, -0.2) is 30.6 Å². The smallest absolute Gasteiger partial charge is 0.308 e. The van der Waals surface area contributed by atoms with Gasteiger partial charge in [0.2, 0.25) is 0 Å². The minimum atomic E-state index is -0.928. The van der Waals surface area contributed by atoms with Crippen molar-refractivity contribution in [3.63, 3.8) is 0 Å². The predicted octanol–water partition coefficient (Wildman–Crippen LogP) is 2.43. The van der Waals surface area contributed by atoms with E-state index < -0.39 is 11.9 Å². The third-order valence-electron chi connectivity index (χ3n) is 3.24. The van der Waals surface area contributed by atoms with Crippen LogP contribution in [0.5, 0.6) is 5.75 Å². The van der Waals surface area contributed by atoms with E-state index in [0.717, 1.165) is 5.56 Å². The fraction of sp³-hybridized carbons (Fsp3) is 0.250. The second kappa shape index (κ2) is 7.61. The van der Waals surface area contributed by atoms with Gasteiger partial charge in [0.1, 0.15) is 10.6 Å². The van der Waals surface area contributed by atoms with Crippen LogP contribution >= 0.6 is 11.3 Å². The second-order valence-corrected chi connectivity index (χ2v) is 5.67. The number of rotatable bonds is 7. The largest absolute Gasteiger partial charge is 0.495 e. The minimum absolute atomic E-state index is 0.0735. The SMILES string of the molecule is COc1ccsc1C(=O)NCC(Cc1ccccc1)C(=O)O. The van der Waals surface area contributed by atoms with Crippen LogP contribution in [0, 0.1) is 5.92 Å². The van der Waals surface area contributed by atoms with Crippen molar-refractivity contribution in [2.45, 2.75) is 6.42 Å². The minimum Gasteiger partial charge on any atom is -0.495 e. The molecule has 0 bridgehead atoms. The van der Waals surface area contributed by atoms with E-state index in [4.69, 9.17) is 4.74 Å². The second-order valence-electron chi connectivity index (χ2n) is 4.75. The number of nitrogens with one attached hydrogen (secondary N) is 1. The summed E-state index contributed by atoms with van der Waals surface area (Å²) in [5.41, 5.74) is 0.929. The molecule has 1 aromatic carbocycles. The number of amides is 1. The Morgan fingerprint density at radius 2 is 2.00 bits per heavy atom. The van der Waals surface area contributed by atoms with Crippen LogP contribution in [0.2, 0.25) is 0 Å². The lowest BCUT2D eigenvalue weighted by Crippen LogP contribution is -2.33. The Kier molecular flexibility index (Phi) is 5.55. The van der Waals surface area contributed by atoms with Gasteiger partial charge in [0, 0.05) is 6.54 Å². The molecule has 5 nitrogen and oxygen atoms in total. The standard InChI is InChI=1S/C16H17NO4S/c1-21-13-7-8-22-14(13)15(18)17-10-12(16(19)20)9-11-5-3-2-4-6-11/h2-8,12H,9-10H2,1H3,(H,17,18)(H,19,20). The first-order valence-corrected chi connectivity index (χ1v) is 7.66. The van der Waals surface area contributed by atoms with Crippen LogP contribution in [-0.2, 0) is 11.2 Å². The number of carboxylic acid groups (broad SMARTS) is 1. The number of ether oxygens (including phenoxy) is 1. The van der Waals surface area contributed by atoms with E-state index in [9.17, 15) is 14.7 Å². The average Bonchev–Trinajstić information content (AvgIpc) is 3.00. The molecule has 116 valence electrons. The lowest BCUT2D eigenvalue weighted by atomic mass is 9.99. The summed E-state index contributed by atoms with van der Waals surface area (Å²) < 4.78 is 5.09. The number of hydrogen-bond acceptors (Lipinski definition) is 4. The van der Waals surface area contributed by atoms with Crippen LogP contribution in [0.3, 0.4) is 0 Å². The number of carbonyl (C=O) groups is 2. The number of carbonyl (C=O) groups excluding carboxylic acids is 1. The van der Waals surface area contributed by atoms with E-state index in [0.29, 0.717) is 17.0 Å². The number of methoxy groups -OCH3 is 1. The Balaban J connectivity index is 1.97. The Morgan fingerprint density at radius 1 is 1.27 bits per heavy atom. The van der Waals surface area contributed by atoms with Gasteiger partial charge < -0.3 is 15.2 Å². The third kappa shape index (κ3) is 4.08. The molecular formula is C16H17NO4S. The van der Waals surface area contributed by atoms with Gasteiger partial charge in [0.15, 0.2) is 0 Å². The van der Waals surface area contributed by atoms with Gasteiger partial charge in [0.05, 0.1) is 13.0 Å². The van der Waals surface area contributed by atoms with Crippen molar-refractivity contribution in [1.29, 1.82) is 0 Å². The van der Waals surface area contributed by atoms with Crippen LogP contribution < -0.4 is 10.1 Å². The lowest BCUT2D eigenvalue weighted by molar-refractivity contribution is -0.141. The van der Waals surface area contributed by atoms with Crippen molar-refractivity contribution in [1.82, 2.24) is 5.32 Å². The average molecular weight is 319 g/mol. The van der Waals surface area contributed by atoms with Gasteiger partial charge in [0.25, 0.3) is 5.91 Å². The van der Waals surface area contributed by atoms with E-state index >= 15 is 0 Å². The highest BCUT2D eigenvalue weighted by Gasteiger charge is 2.21. The van der Waals surface area contributed by atoms with Crippen molar-refractivity contribution in [3.8, 4) is 5.75 Å². The summed E-state index contributed by atoms with van der Waals surface area (Å²) in [7, 11) is 1.49. The molecule has 1 aromatic heterocycles. The Bertz CT molecular complexity index is 639. The molecule has 0 radical (unpaired) electrons. The zero-order chi connectivity index (χ0) is 15.9.